The molecular formula is C11H14ClN3O3. The highest BCUT2D eigenvalue weighted by atomic mass is 35.5. The third-order valence-electron chi connectivity index (χ3n) is 2.90. The van der Waals surface area contributed by atoms with Crippen LogP contribution in [-0.2, 0) is 4.74 Å². The summed E-state index contributed by atoms with van der Waals surface area (Å²) in [6.45, 7) is 5.76. The topological polar surface area (TPSA) is 68.5 Å². The van der Waals surface area contributed by atoms with E-state index in [0.717, 1.165) is 0 Å². The van der Waals surface area contributed by atoms with E-state index in [2.05, 4.69) is 4.98 Å². The van der Waals surface area contributed by atoms with Crippen molar-refractivity contribution in [2.75, 3.05) is 24.7 Å². The third-order valence-corrected chi connectivity index (χ3v) is 3.09. The summed E-state index contributed by atoms with van der Waals surface area (Å²) in [5.74, 6) is 0.516. The van der Waals surface area contributed by atoms with Gasteiger partial charge >= 0.3 is 0 Å². The van der Waals surface area contributed by atoms with E-state index >= 15 is 0 Å². The molecule has 1 aliphatic rings. The second-order valence-electron chi connectivity index (χ2n) is 4.78. The minimum Gasteiger partial charge on any atom is -0.377 e. The van der Waals surface area contributed by atoms with Crippen LogP contribution >= 0.6 is 11.6 Å². The molecule has 1 aromatic rings. The Morgan fingerprint density at radius 2 is 2.28 bits per heavy atom. The molecule has 0 amide bonds. The number of rotatable bonds is 2. The first kappa shape index (κ1) is 13.0. The van der Waals surface area contributed by atoms with Crippen molar-refractivity contribution >= 4 is 23.1 Å². The van der Waals surface area contributed by atoms with Gasteiger partial charge in [-0.1, -0.05) is 11.6 Å². The van der Waals surface area contributed by atoms with Gasteiger partial charge in [0, 0.05) is 6.54 Å². The maximum Gasteiger partial charge on any atom is 0.276 e. The Labute approximate surface area is 110 Å². The Bertz CT molecular complexity index is 479. The fourth-order valence-corrected chi connectivity index (χ4v) is 2.20. The van der Waals surface area contributed by atoms with Crippen molar-refractivity contribution in [2.45, 2.75) is 19.4 Å². The van der Waals surface area contributed by atoms with Crippen molar-refractivity contribution < 1.29 is 9.66 Å². The summed E-state index contributed by atoms with van der Waals surface area (Å²) in [4.78, 5) is 16.5. The van der Waals surface area contributed by atoms with Gasteiger partial charge in [0.25, 0.3) is 5.69 Å². The number of pyridine rings is 1. The van der Waals surface area contributed by atoms with Crippen LogP contribution in [0.1, 0.15) is 13.8 Å². The van der Waals surface area contributed by atoms with E-state index in [4.69, 9.17) is 16.3 Å². The Kier molecular flexibility index (Phi) is 3.41. The molecule has 0 saturated carbocycles. The van der Waals surface area contributed by atoms with Crippen LogP contribution in [-0.4, -0.2) is 35.2 Å². The lowest BCUT2D eigenvalue weighted by Crippen LogP contribution is -2.53. The highest BCUT2D eigenvalue weighted by Crippen LogP contribution is 2.29. The van der Waals surface area contributed by atoms with Gasteiger partial charge in [-0.3, -0.25) is 10.1 Å². The molecule has 0 atom stereocenters. The van der Waals surface area contributed by atoms with Crippen molar-refractivity contribution in [1.82, 2.24) is 4.98 Å². The van der Waals surface area contributed by atoms with Crippen molar-refractivity contribution in [2.24, 2.45) is 0 Å². The lowest BCUT2D eigenvalue weighted by atomic mass is 10.0. The summed E-state index contributed by atoms with van der Waals surface area (Å²) >= 11 is 5.83. The normalized spacial score (nSPS) is 18.7. The van der Waals surface area contributed by atoms with Gasteiger partial charge in [0.05, 0.1) is 35.8 Å². The molecule has 0 radical (unpaired) electrons. The maximum absolute atomic E-state index is 10.8. The third kappa shape index (κ3) is 2.54. The lowest BCUT2D eigenvalue weighted by molar-refractivity contribution is -0.384. The largest absolute Gasteiger partial charge is 0.377 e. The molecule has 0 unspecified atom stereocenters. The molecule has 0 aliphatic carbocycles. The quantitative estimate of drug-likeness (QED) is 0.469. The van der Waals surface area contributed by atoms with E-state index in [9.17, 15) is 10.1 Å². The molecule has 6 nitrogen and oxygen atoms in total. The molecule has 1 saturated heterocycles. The number of nitrogens with zero attached hydrogens (tertiary/aromatic N) is 3. The fourth-order valence-electron chi connectivity index (χ4n) is 2.00. The van der Waals surface area contributed by atoms with Crippen molar-refractivity contribution in [1.29, 1.82) is 0 Å². The molecule has 1 aromatic heterocycles. The molecule has 7 heteroatoms. The van der Waals surface area contributed by atoms with E-state index in [1.807, 2.05) is 18.7 Å². The standard InChI is InChI=1S/C11H14ClN3O3/c1-11(2)7-18-4-3-14(11)10-6-8(15(16)17)5-9(12)13-10/h5-6H,3-4,7H2,1-2H3. The molecule has 0 aromatic carbocycles. The van der Waals surface area contributed by atoms with Gasteiger partial charge < -0.3 is 9.64 Å². The van der Waals surface area contributed by atoms with E-state index in [1.54, 1.807) is 0 Å². The van der Waals surface area contributed by atoms with Gasteiger partial charge in [-0.15, -0.1) is 0 Å². The average molecular weight is 272 g/mol. The monoisotopic (exact) mass is 271 g/mol. The number of ether oxygens (including phenoxy) is 1. The zero-order valence-electron chi connectivity index (χ0n) is 10.2. The van der Waals surface area contributed by atoms with Crippen molar-refractivity contribution in [3.8, 4) is 0 Å². The molecule has 2 heterocycles. The smallest absolute Gasteiger partial charge is 0.276 e. The maximum atomic E-state index is 10.8. The average Bonchev–Trinajstić information content (AvgIpc) is 2.27. The van der Waals surface area contributed by atoms with Gasteiger partial charge in [-0.25, -0.2) is 4.98 Å². The van der Waals surface area contributed by atoms with Crippen LogP contribution in [0.25, 0.3) is 0 Å². The fraction of sp³-hybridized carbons (Fsp3) is 0.545. The minimum absolute atomic E-state index is 0.0488. The zero-order valence-corrected chi connectivity index (χ0v) is 11.0. The number of anilines is 1. The summed E-state index contributed by atoms with van der Waals surface area (Å²) in [5.41, 5.74) is -0.309. The zero-order chi connectivity index (χ0) is 13.3. The first-order chi connectivity index (χ1) is 8.40. The van der Waals surface area contributed by atoms with Gasteiger partial charge in [-0.2, -0.15) is 0 Å². The summed E-state index contributed by atoms with van der Waals surface area (Å²) in [7, 11) is 0. The molecule has 1 aliphatic heterocycles. The van der Waals surface area contributed by atoms with Gasteiger partial charge in [0.15, 0.2) is 0 Å². The molecular weight excluding hydrogens is 258 g/mol. The van der Waals surface area contributed by atoms with E-state index in [1.165, 1.54) is 12.1 Å². The molecule has 18 heavy (non-hydrogen) atoms. The number of aromatic nitrogens is 1. The molecule has 1 fully saturated rings. The number of nitro groups is 1. The second-order valence-corrected chi connectivity index (χ2v) is 5.17. The number of halogens is 1. The lowest BCUT2D eigenvalue weighted by Gasteiger charge is -2.42. The van der Waals surface area contributed by atoms with Crippen molar-refractivity contribution in [3.63, 3.8) is 0 Å². The second kappa shape index (κ2) is 4.70. The van der Waals surface area contributed by atoms with Crippen LogP contribution in [0.5, 0.6) is 0 Å². The summed E-state index contributed by atoms with van der Waals surface area (Å²) in [6, 6.07) is 2.69. The molecule has 0 spiro atoms. The highest BCUT2D eigenvalue weighted by Gasteiger charge is 2.32. The first-order valence-electron chi connectivity index (χ1n) is 5.57. The molecule has 0 bridgehead atoms. The Hall–Kier alpha value is -1.40. The minimum atomic E-state index is -0.468. The molecule has 0 N–H and O–H groups in total. The predicted octanol–water partition coefficient (Wildman–Crippen LogP) is 2.26. The number of hydrogen-bond donors (Lipinski definition) is 0. The Morgan fingerprint density at radius 1 is 1.56 bits per heavy atom. The van der Waals surface area contributed by atoms with Crippen LogP contribution in [0.15, 0.2) is 12.1 Å². The van der Waals surface area contributed by atoms with Gasteiger partial charge in [0.1, 0.15) is 11.0 Å². The van der Waals surface area contributed by atoms with E-state index < -0.39 is 4.92 Å². The predicted molar refractivity (Wildman–Crippen MR) is 68.1 cm³/mol. The van der Waals surface area contributed by atoms with Crippen LogP contribution in [0.2, 0.25) is 5.15 Å². The molecule has 2 rings (SSSR count). The summed E-state index contributed by atoms with van der Waals surface area (Å²) < 4.78 is 5.41. The first-order valence-corrected chi connectivity index (χ1v) is 5.95. The van der Waals surface area contributed by atoms with Crippen LogP contribution in [0.3, 0.4) is 0 Å². The Balaban J connectivity index is 2.40. The summed E-state index contributed by atoms with van der Waals surface area (Å²) in [6.07, 6.45) is 0. The number of hydrogen-bond acceptors (Lipinski definition) is 5. The SMILES string of the molecule is CC1(C)COCCN1c1cc([N+](=O)[O-])cc(Cl)n1. The van der Waals surface area contributed by atoms with E-state index in [0.29, 0.717) is 25.6 Å². The van der Waals surface area contributed by atoms with Crippen LogP contribution in [0.4, 0.5) is 11.5 Å². The highest BCUT2D eigenvalue weighted by molar-refractivity contribution is 6.29. The van der Waals surface area contributed by atoms with Gasteiger partial charge in [-0.05, 0) is 13.8 Å². The van der Waals surface area contributed by atoms with Crippen LogP contribution in [0, 0.1) is 10.1 Å². The Morgan fingerprint density at radius 3 is 2.89 bits per heavy atom. The van der Waals surface area contributed by atoms with Crippen LogP contribution < -0.4 is 4.90 Å². The van der Waals surface area contributed by atoms with E-state index in [-0.39, 0.29) is 16.4 Å². The summed E-state index contributed by atoms with van der Waals surface area (Å²) in [5, 5.41) is 11.0. The van der Waals surface area contributed by atoms with Crippen molar-refractivity contribution in [3.05, 3.63) is 27.4 Å². The molecule has 98 valence electrons. The number of morpholine rings is 1. The van der Waals surface area contributed by atoms with Gasteiger partial charge in [0.2, 0.25) is 0 Å².